The number of aromatic nitrogens is 6. The van der Waals surface area contributed by atoms with Crippen molar-refractivity contribution in [3.8, 4) is 11.4 Å². The fourth-order valence-electron chi connectivity index (χ4n) is 4.50. The van der Waals surface area contributed by atoms with Crippen molar-refractivity contribution in [3.05, 3.63) is 48.1 Å². The van der Waals surface area contributed by atoms with E-state index in [0.29, 0.717) is 11.9 Å². The predicted octanol–water partition coefficient (Wildman–Crippen LogP) is 3.15. The molecule has 0 amide bonds. The average molecular weight is 450 g/mol. The van der Waals surface area contributed by atoms with E-state index in [2.05, 4.69) is 59.1 Å². The Bertz CT molecular complexity index is 1240. The third-order valence-electron chi connectivity index (χ3n) is 6.21. The summed E-state index contributed by atoms with van der Waals surface area (Å²) in [4.78, 5) is 24.9. The number of nitrogens with zero attached hydrogens (tertiary/aromatic N) is 7. The molecule has 2 unspecified atom stereocenters. The third kappa shape index (κ3) is 3.23. The molecule has 2 N–H and O–H groups in total. The summed E-state index contributed by atoms with van der Waals surface area (Å²) in [5, 5.41) is 6.96. The maximum absolute atomic E-state index is 6.56. The lowest BCUT2D eigenvalue weighted by atomic mass is 10.0. The van der Waals surface area contributed by atoms with Crippen LogP contribution in [0.1, 0.15) is 32.0 Å². The Morgan fingerprint density at radius 1 is 1.19 bits per heavy atom. The van der Waals surface area contributed by atoms with Crippen LogP contribution in [0.4, 0.5) is 5.82 Å². The van der Waals surface area contributed by atoms with Crippen molar-refractivity contribution in [3.63, 3.8) is 0 Å². The second-order valence-corrected chi connectivity index (χ2v) is 8.79. The molecule has 10 heteroatoms. The maximum atomic E-state index is 6.56. The average Bonchev–Trinajstić information content (AvgIpc) is 3.47. The SMILES string of the molecule is CCn1c(-c2cnc(C)nc2)nc2c(NC3=CCC4NC(Cl)N(C5CC5)C4=C3)ncnc21. The minimum Gasteiger partial charge on any atom is -0.342 e. The number of anilines is 1. The molecule has 1 saturated heterocycles. The van der Waals surface area contributed by atoms with Gasteiger partial charge in [-0.25, -0.2) is 24.9 Å². The molecular formula is C22H24ClN9. The number of nitrogens with one attached hydrogen (secondary N) is 2. The Morgan fingerprint density at radius 2 is 2.00 bits per heavy atom. The molecule has 4 heterocycles. The molecule has 3 aliphatic rings. The molecular weight excluding hydrogens is 426 g/mol. The van der Waals surface area contributed by atoms with Crippen LogP contribution in [0.2, 0.25) is 0 Å². The first-order valence-electron chi connectivity index (χ1n) is 11.0. The van der Waals surface area contributed by atoms with Crippen molar-refractivity contribution in [2.24, 2.45) is 0 Å². The zero-order valence-electron chi connectivity index (χ0n) is 18.0. The largest absolute Gasteiger partial charge is 0.342 e. The van der Waals surface area contributed by atoms with Crippen molar-refractivity contribution in [2.45, 2.75) is 57.4 Å². The van der Waals surface area contributed by atoms with Crippen LogP contribution in [-0.4, -0.2) is 52.1 Å². The summed E-state index contributed by atoms with van der Waals surface area (Å²) in [6.45, 7) is 4.67. The fourth-order valence-corrected chi connectivity index (χ4v) is 4.92. The summed E-state index contributed by atoms with van der Waals surface area (Å²) in [5.41, 5.74) is 4.47. The van der Waals surface area contributed by atoms with Gasteiger partial charge in [-0.3, -0.25) is 5.32 Å². The second-order valence-electron chi connectivity index (χ2n) is 8.38. The van der Waals surface area contributed by atoms with E-state index in [1.807, 2.05) is 6.92 Å². The monoisotopic (exact) mass is 449 g/mol. The molecule has 2 fully saturated rings. The first-order chi connectivity index (χ1) is 15.6. The van der Waals surface area contributed by atoms with Gasteiger partial charge in [0.2, 0.25) is 0 Å². The lowest BCUT2D eigenvalue weighted by Crippen LogP contribution is -2.32. The van der Waals surface area contributed by atoms with Gasteiger partial charge in [-0.1, -0.05) is 17.7 Å². The number of halogens is 1. The first kappa shape index (κ1) is 19.6. The van der Waals surface area contributed by atoms with E-state index in [4.69, 9.17) is 16.6 Å². The molecule has 3 aromatic heterocycles. The van der Waals surface area contributed by atoms with Crippen LogP contribution in [0.25, 0.3) is 22.6 Å². The van der Waals surface area contributed by atoms with Gasteiger partial charge in [0.05, 0.1) is 11.6 Å². The van der Waals surface area contributed by atoms with Gasteiger partial charge in [0.1, 0.15) is 18.0 Å². The zero-order valence-corrected chi connectivity index (χ0v) is 18.7. The Balaban J connectivity index is 1.36. The topological polar surface area (TPSA) is 96.7 Å². The fraction of sp³-hybridized carbons (Fsp3) is 0.409. The normalized spacial score (nSPS) is 22.7. The van der Waals surface area contributed by atoms with Crippen LogP contribution in [-0.2, 0) is 6.54 Å². The van der Waals surface area contributed by atoms with Gasteiger partial charge in [-0.2, -0.15) is 0 Å². The number of aryl methyl sites for hydroxylation is 2. The standard InChI is InChI=1S/C22H24ClN9/c1-3-31-20(13-9-24-12(2)25-10-13)30-18-19(26-11-27-21(18)31)28-14-4-7-16-17(8-14)32(15-5-6-15)22(23)29-16/h4,8-11,15-16,22,29H,3,5-7H2,1-2H3,(H,26,27,28). The molecule has 2 aliphatic carbocycles. The molecule has 164 valence electrons. The molecule has 1 saturated carbocycles. The molecule has 3 aromatic rings. The van der Waals surface area contributed by atoms with Gasteiger partial charge in [0.25, 0.3) is 0 Å². The van der Waals surface area contributed by atoms with Crippen molar-refractivity contribution in [1.82, 2.24) is 39.7 Å². The highest BCUT2D eigenvalue weighted by atomic mass is 35.5. The summed E-state index contributed by atoms with van der Waals surface area (Å²) in [5.74, 6) is 2.20. The smallest absolute Gasteiger partial charge is 0.165 e. The molecule has 9 nitrogen and oxygen atoms in total. The molecule has 2 atom stereocenters. The molecule has 1 aliphatic heterocycles. The summed E-state index contributed by atoms with van der Waals surface area (Å²) in [6, 6.07) is 0.812. The molecule has 0 spiro atoms. The van der Waals surface area contributed by atoms with Crippen LogP contribution in [0.15, 0.2) is 42.3 Å². The number of allylic oxidation sites excluding steroid dienone is 1. The van der Waals surface area contributed by atoms with E-state index in [0.717, 1.165) is 47.0 Å². The quantitative estimate of drug-likeness (QED) is 0.453. The highest BCUT2D eigenvalue weighted by Crippen LogP contribution is 2.40. The summed E-state index contributed by atoms with van der Waals surface area (Å²) in [7, 11) is 0. The Labute approximate surface area is 190 Å². The van der Waals surface area contributed by atoms with Crippen molar-refractivity contribution < 1.29 is 0 Å². The van der Waals surface area contributed by atoms with E-state index in [1.165, 1.54) is 18.5 Å². The van der Waals surface area contributed by atoms with Gasteiger partial charge in [-0.05, 0) is 39.2 Å². The molecule has 0 bridgehead atoms. The highest BCUT2D eigenvalue weighted by Gasteiger charge is 2.43. The number of imidazole rings is 1. The van der Waals surface area contributed by atoms with Crippen molar-refractivity contribution in [2.75, 3.05) is 5.32 Å². The minimum atomic E-state index is -0.142. The Hall–Kier alpha value is -3.04. The molecule has 0 aromatic carbocycles. The van der Waals surface area contributed by atoms with Gasteiger partial charge in [0.15, 0.2) is 22.6 Å². The lowest BCUT2D eigenvalue weighted by molar-refractivity contribution is 0.339. The summed E-state index contributed by atoms with van der Waals surface area (Å²) >= 11 is 6.56. The van der Waals surface area contributed by atoms with E-state index in [9.17, 15) is 0 Å². The summed E-state index contributed by atoms with van der Waals surface area (Å²) < 4.78 is 2.06. The van der Waals surface area contributed by atoms with Gasteiger partial charge in [0, 0.05) is 36.4 Å². The van der Waals surface area contributed by atoms with E-state index >= 15 is 0 Å². The van der Waals surface area contributed by atoms with Gasteiger partial charge in [-0.15, -0.1) is 0 Å². The first-order valence-corrected chi connectivity index (χ1v) is 11.4. The van der Waals surface area contributed by atoms with Gasteiger partial charge >= 0.3 is 0 Å². The Kier molecular flexibility index (Phi) is 4.62. The van der Waals surface area contributed by atoms with Crippen molar-refractivity contribution >= 4 is 28.6 Å². The highest BCUT2D eigenvalue weighted by molar-refractivity contribution is 6.20. The van der Waals surface area contributed by atoms with Crippen LogP contribution < -0.4 is 10.6 Å². The predicted molar refractivity (Wildman–Crippen MR) is 123 cm³/mol. The Morgan fingerprint density at radius 3 is 2.75 bits per heavy atom. The van der Waals surface area contributed by atoms with Crippen molar-refractivity contribution in [1.29, 1.82) is 0 Å². The number of rotatable bonds is 5. The maximum Gasteiger partial charge on any atom is 0.165 e. The van der Waals surface area contributed by atoms with Gasteiger partial charge < -0.3 is 14.8 Å². The van der Waals surface area contributed by atoms with Crippen LogP contribution in [0.5, 0.6) is 0 Å². The molecule has 6 rings (SSSR count). The van der Waals surface area contributed by atoms with E-state index < -0.39 is 0 Å². The minimum absolute atomic E-state index is 0.142. The number of fused-ring (bicyclic) bond motifs is 2. The van der Waals surface area contributed by atoms with Crippen LogP contribution >= 0.6 is 11.6 Å². The summed E-state index contributed by atoms with van der Waals surface area (Å²) in [6.07, 6.45) is 12.8. The number of hydrogen-bond donors (Lipinski definition) is 2. The van der Waals surface area contributed by atoms with E-state index in [-0.39, 0.29) is 11.7 Å². The van der Waals surface area contributed by atoms with Crippen LogP contribution in [0, 0.1) is 6.92 Å². The van der Waals surface area contributed by atoms with E-state index in [1.54, 1.807) is 18.7 Å². The van der Waals surface area contributed by atoms with Crippen LogP contribution in [0.3, 0.4) is 0 Å². The zero-order chi connectivity index (χ0) is 21.8. The molecule has 32 heavy (non-hydrogen) atoms. The molecule has 0 radical (unpaired) electrons. The number of hydrogen-bond acceptors (Lipinski definition) is 8. The third-order valence-corrected chi connectivity index (χ3v) is 6.54. The number of alkyl halides is 1. The second kappa shape index (κ2) is 7.53. The lowest BCUT2D eigenvalue weighted by Gasteiger charge is -2.25.